The summed E-state index contributed by atoms with van der Waals surface area (Å²) < 4.78 is 48.1. The molecule has 0 radical (unpaired) electrons. The zero-order chi connectivity index (χ0) is 31.9. The van der Waals surface area contributed by atoms with Gasteiger partial charge >= 0.3 is 0 Å². The van der Waals surface area contributed by atoms with E-state index in [1.807, 2.05) is 6.92 Å². The number of halogens is 3. The van der Waals surface area contributed by atoms with Gasteiger partial charge in [-0.15, -0.1) is 0 Å². The molecule has 2 amide bonds. The molecule has 3 aromatic carbocycles. The quantitative estimate of drug-likeness (QED) is 0.236. The van der Waals surface area contributed by atoms with E-state index in [-0.39, 0.29) is 29.1 Å². The van der Waals surface area contributed by atoms with Gasteiger partial charge in [0.25, 0.3) is 10.0 Å². The van der Waals surface area contributed by atoms with E-state index in [2.05, 4.69) is 5.32 Å². The second-order valence-corrected chi connectivity index (χ2v) is 13.4. The van der Waals surface area contributed by atoms with E-state index in [4.69, 9.17) is 27.9 Å². The molecule has 44 heavy (non-hydrogen) atoms. The van der Waals surface area contributed by atoms with Gasteiger partial charge in [0, 0.05) is 22.6 Å². The number of carbonyl (C=O) groups excluding carboxylic acids is 2. The maximum absolute atomic E-state index is 14.1. The maximum Gasteiger partial charge on any atom is 0.264 e. The number of sulfonamides is 1. The van der Waals surface area contributed by atoms with Crippen LogP contribution in [0.4, 0.5) is 10.1 Å². The maximum atomic E-state index is 14.1. The summed E-state index contributed by atoms with van der Waals surface area (Å²) in [6, 6.07) is 14.5. The predicted octanol–water partition coefficient (Wildman–Crippen LogP) is 6.59. The zero-order valence-corrected chi connectivity index (χ0v) is 27.0. The Morgan fingerprint density at radius 1 is 1.00 bits per heavy atom. The molecule has 1 aliphatic carbocycles. The second kappa shape index (κ2) is 15.1. The summed E-state index contributed by atoms with van der Waals surface area (Å²) in [5.74, 6) is -1.08. The molecule has 0 spiro atoms. The van der Waals surface area contributed by atoms with Crippen molar-refractivity contribution in [3.63, 3.8) is 0 Å². The molecule has 1 N–H and O–H groups in total. The van der Waals surface area contributed by atoms with Gasteiger partial charge in [-0.25, -0.2) is 12.8 Å². The summed E-state index contributed by atoms with van der Waals surface area (Å²) in [6.45, 7) is 3.08. The van der Waals surface area contributed by atoms with Crippen molar-refractivity contribution < 1.29 is 27.1 Å². The number of hydrogen-bond acceptors (Lipinski definition) is 5. The van der Waals surface area contributed by atoms with Gasteiger partial charge < -0.3 is 15.0 Å². The fraction of sp³-hybridized carbons (Fsp3) is 0.375. The summed E-state index contributed by atoms with van der Waals surface area (Å²) >= 11 is 12.5. The molecule has 0 bridgehead atoms. The highest BCUT2D eigenvalue weighted by molar-refractivity contribution is 7.92. The van der Waals surface area contributed by atoms with E-state index in [1.165, 1.54) is 47.4 Å². The minimum Gasteiger partial charge on any atom is -0.494 e. The molecule has 0 unspecified atom stereocenters. The highest BCUT2D eigenvalue weighted by Gasteiger charge is 2.33. The summed E-state index contributed by atoms with van der Waals surface area (Å²) in [6.07, 6.45) is 4.85. The number of nitrogens with zero attached hydrogens (tertiary/aromatic N) is 2. The van der Waals surface area contributed by atoms with Gasteiger partial charge in [-0.3, -0.25) is 13.9 Å². The monoisotopic (exact) mass is 663 g/mol. The molecule has 0 heterocycles. The number of rotatable bonds is 12. The molecule has 0 aromatic heterocycles. The first-order valence-corrected chi connectivity index (χ1v) is 16.7. The second-order valence-electron chi connectivity index (χ2n) is 10.7. The average Bonchev–Trinajstić information content (AvgIpc) is 3.00. The van der Waals surface area contributed by atoms with Gasteiger partial charge in [-0.2, -0.15) is 0 Å². The largest absolute Gasteiger partial charge is 0.494 e. The number of amides is 2. The Labute approximate surface area is 268 Å². The Hall–Kier alpha value is -3.34. The lowest BCUT2D eigenvalue weighted by Crippen LogP contribution is -2.53. The van der Waals surface area contributed by atoms with Crippen molar-refractivity contribution in [1.82, 2.24) is 10.2 Å². The lowest BCUT2D eigenvalue weighted by molar-refractivity contribution is -0.139. The number of nitrogens with one attached hydrogen (secondary N) is 1. The Kier molecular flexibility index (Phi) is 11.5. The van der Waals surface area contributed by atoms with Crippen molar-refractivity contribution in [2.24, 2.45) is 0 Å². The zero-order valence-electron chi connectivity index (χ0n) is 24.6. The van der Waals surface area contributed by atoms with Gasteiger partial charge in [-0.1, -0.05) is 48.5 Å². The van der Waals surface area contributed by atoms with E-state index < -0.39 is 34.3 Å². The van der Waals surface area contributed by atoms with Crippen molar-refractivity contribution in [1.29, 1.82) is 0 Å². The molecular formula is C32H36Cl2FN3O5S. The molecule has 1 saturated carbocycles. The Morgan fingerprint density at radius 2 is 1.66 bits per heavy atom. The highest BCUT2D eigenvalue weighted by atomic mass is 35.5. The average molecular weight is 665 g/mol. The van der Waals surface area contributed by atoms with E-state index in [0.29, 0.717) is 28.0 Å². The van der Waals surface area contributed by atoms with Crippen molar-refractivity contribution >= 4 is 50.7 Å². The molecule has 1 aliphatic rings. The molecule has 4 rings (SSSR count). The number of hydrogen-bond donors (Lipinski definition) is 1. The van der Waals surface area contributed by atoms with Crippen molar-refractivity contribution in [2.45, 2.75) is 69.5 Å². The van der Waals surface area contributed by atoms with Crippen LogP contribution in [0.3, 0.4) is 0 Å². The minimum atomic E-state index is -4.32. The Bertz CT molecular complexity index is 1550. The van der Waals surface area contributed by atoms with Gasteiger partial charge in [0.05, 0.1) is 17.2 Å². The number of ether oxygens (including phenoxy) is 1. The van der Waals surface area contributed by atoms with Crippen LogP contribution in [0.25, 0.3) is 0 Å². The minimum absolute atomic E-state index is 0.00511. The topological polar surface area (TPSA) is 96.0 Å². The SMILES string of the molecule is CCOc1ccc(S(=O)(=O)N(CC(=O)N(Cc2ccc(Cl)cc2Cl)[C@H](C)C(=O)NC2CCCCC2)c2ccc(F)cc2)cc1. The fourth-order valence-corrected chi connectivity index (χ4v) is 7.01. The van der Waals surface area contributed by atoms with Crippen LogP contribution in [-0.4, -0.2) is 50.4 Å². The van der Waals surface area contributed by atoms with E-state index >= 15 is 0 Å². The number of benzene rings is 3. The summed E-state index contributed by atoms with van der Waals surface area (Å²) in [5, 5.41) is 3.76. The first-order valence-electron chi connectivity index (χ1n) is 14.5. The van der Waals surface area contributed by atoms with Crippen molar-refractivity contribution in [3.8, 4) is 5.75 Å². The van der Waals surface area contributed by atoms with Gasteiger partial charge in [0.1, 0.15) is 24.2 Å². The number of anilines is 1. The van der Waals surface area contributed by atoms with Crippen LogP contribution >= 0.6 is 23.2 Å². The normalized spacial score (nSPS) is 14.5. The molecular weight excluding hydrogens is 628 g/mol. The third-order valence-corrected chi connectivity index (χ3v) is 9.97. The third kappa shape index (κ3) is 8.43. The first-order chi connectivity index (χ1) is 21.0. The van der Waals surface area contributed by atoms with Gasteiger partial charge in [0.2, 0.25) is 11.8 Å². The smallest absolute Gasteiger partial charge is 0.264 e. The predicted molar refractivity (Wildman–Crippen MR) is 170 cm³/mol. The van der Waals surface area contributed by atoms with Gasteiger partial charge in [-0.05, 0) is 92.9 Å². The Morgan fingerprint density at radius 3 is 2.27 bits per heavy atom. The molecule has 1 atom stereocenters. The number of carbonyl (C=O) groups is 2. The summed E-state index contributed by atoms with van der Waals surface area (Å²) in [5.41, 5.74) is 0.613. The lowest BCUT2D eigenvalue weighted by Gasteiger charge is -2.33. The van der Waals surface area contributed by atoms with Crippen LogP contribution in [0.2, 0.25) is 10.0 Å². The molecule has 0 aliphatic heterocycles. The third-order valence-electron chi connectivity index (χ3n) is 7.59. The molecule has 8 nitrogen and oxygen atoms in total. The summed E-state index contributed by atoms with van der Waals surface area (Å²) in [4.78, 5) is 28.8. The van der Waals surface area contributed by atoms with Crippen LogP contribution in [-0.2, 0) is 26.2 Å². The standard InChI is InChI=1S/C32H36Cl2FN3O5S/c1-3-43-28-15-17-29(18-16-28)44(41,42)38(27-13-11-25(35)12-14-27)21-31(39)37(20-23-9-10-24(33)19-30(23)34)22(2)32(40)36-26-7-5-4-6-8-26/h9-19,22,26H,3-8,20-21H2,1-2H3,(H,36,40)/t22-/m1/s1. The van der Waals surface area contributed by atoms with Gasteiger partial charge in [0.15, 0.2) is 0 Å². The molecule has 12 heteroatoms. The van der Waals surface area contributed by atoms with E-state index in [0.717, 1.165) is 48.5 Å². The van der Waals surface area contributed by atoms with E-state index in [9.17, 15) is 22.4 Å². The fourth-order valence-electron chi connectivity index (χ4n) is 5.12. The molecule has 236 valence electrons. The van der Waals surface area contributed by atoms with Crippen LogP contribution < -0.4 is 14.4 Å². The molecule has 0 saturated heterocycles. The Balaban J connectivity index is 1.68. The van der Waals surface area contributed by atoms with Crippen LogP contribution in [0.1, 0.15) is 51.5 Å². The van der Waals surface area contributed by atoms with E-state index in [1.54, 1.807) is 19.1 Å². The first kappa shape index (κ1) is 33.6. The van der Waals surface area contributed by atoms with Crippen molar-refractivity contribution in [2.75, 3.05) is 17.5 Å². The van der Waals surface area contributed by atoms with Crippen LogP contribution in [0.5, 0.6) is 5.75 Å². The van der Waals surface area contributed by atoms with Crippen LogP contribution in [0.15, 0.2) is 71.6 Å². The van der Waals surface area contributed by atoms with Crippen molar-refractivity contribution in [3.05, 3.63) is 88.2 Å². The highest BCUT2D eigenvalue weighted by Crippen LogP contribution is 2.28. The molecule has 1 fully saturated rings. The summed E-state index contributed by atoms with van der Waals surface area (Å²) in [7, 11) is -4.32. The van der Waals surface area contributed by atoms with Crippen LogP contribution in [0, 0.1) is 5.82 Å². The molecule has 3 aromatic rings. The lowest BCUT2D eigenvalue weighted by atomic mass is 9.95.